The van der Waals surface area contributed by atoms with Crippen LogP contribution in [-0.4, -0.2) is 59.1 Å². The minimum atomic E-state index is 0. The van der Waals surface area contributed by atoms with Crippen LogP contribution in [0, 0.1) is 0 Å². The molecular formula is C24H36Na2. The Morgan fingerprint density at radius 1 is 0.538 bits per heavy atom. The summed E-state index contributed by atoms with van der Waals surface area (Å²) in [7, 11) is 0. The van der Waals surface area contributed by atoms with E-state index in [1.165, 1.54) is 87.3 Å². The second kappa shape index (κ2) is 17.5. The summed E-state index contributed by atoms with van der Waals surface area (Å²) in [5.41, 5.74) is 4.26. The van der Waals surface area contributed by atoms with Gasteiger partial charge in [0.2, 0.25) is 0 Å². The van der Waals surface area contributed by atoms with Crippen LogP contribution in [0.2, 0.25) is 0 Å². The number of hydrogen-bond acceptors (Lipinski definition) is 0. The molecule has 0 aliphatic carbocycles. The Morgan fingerprint density at radius 3 is 1.65 bits per heavy atom. The summed E-state index contributed by atoms with van der Waals surface area (Å²) in [4.78, 5) is 0. The van der Waals surface area contributed by atoms with Crippen LogP contribution in [0.25, 0.3) is 11.1 Å². The van der Waals surface area contributed by atoms with E-state index in [4.69, 9.17) is 0 Å². The third kappa shape index (κ3) is 10.7. The van der Waals surface area contributed by atoms with Gasteiger partial charge in [-0.2, -0.15) is 0 Å². The van der Waals surface area contributed by atoms with E-state index in [0.29, 0.717) is 0 Å². The van der Waals surface area contributed by atoms with Crippen molar-refractivity contribution in [2.45, 2.75) is 77.6 Å². The Bertz CT molecular complexity index is 551. The molecule has 2 heteroatoms. The van der Waals surface area contributed by atoms with Gasteiger partial charge in [0.25, 0.3) is 0 Å². The fourth-order valence-electron chi connectivity index (χ4n) is 3.44. The summed E-state index contributed by atoms with van der Waals surface area (Å²) in [5.74, 6) is 0. The topological polar surface area (TPSA) is 0 Å². The van der Waals surface area contributed by atoms with Crippen LogP contribution in [0.1, 0.15) is 76.7 Å². The van der Waals surface area contributed by atoms with E-state index in [-0.39, 0.29) is 59.1 Å². The summed E-state index contributed by atoms with van der Waals surface area (Å²) in [6.45, 7) is 2.29. The van der Waals surface area contributed by atoms with Gasteiger partial charge in [-0.05, 0) is 29.5 Å². The molecule has 0 N–H and O–H groups in total. The molecule has 2 aromatic carbocycles. The number of rotatable bonds is 12. The van der Waals surface area contributed by atoms with Crippen molar-refractivity contribution in [3.8, 4) is 11.1 Å². The first-order valence-corrected chi connectivity index (χ1v) is 10.0. The zero-order valence-corrected chi connectivity index (χ0v) is 15.5. The van der Waals surface area contributed by atoms with Crippen molar-refractivity contribution in [3.63, 3.8) is 0 Å². The van der Waals surface area contributed by atoms with Crippen LogP contribution in [0.4, 0.5) is 0 Å². The zero-order chi connectivity index (χ0) is 16.9. The summed E-state index contributed by atoms with van der Waals surface area (Å²) in [6.07, 6.45) is 15.3. The van der Waals surface area contributed by atoms with E-state index in [2.05, 4.69) is 61.5 Å². The van der Waals surface area contributed by atoms with E-state index >= 15 is 0 Å². The van der Waals surface area contributed by atoms with Gasteiger partial charge in [-0.3, -0.25) is 0 Å². The zero-order valence-electron chi connectivity index (χ0n) is 15.5. The summed E-state index contributed by atoms with van der Waals surface area (Å²) >= 11 is 0. The van der Waals surface area contributed by atoms with Gasteiger partial charge >= 0.3 is 59.1 Å². The molecule has 0 aliphatic heterocycles. The number of unbranched alkanes of at least 4 members (excludes halogenated alkanes) is 9. The number of aryl methyl sites for hydroxylation is 1. The Labute approximate surface area is 206 Å². The van der Waals surface area contributed by atoms with Crippen LogP contribution in [0.3, 0.4) is 0 Å². The van der Waals surface area contributed by atoms with Gasteiger partial charge in [0.1, 0.15) is 0 Å². The van der Waals surface area contributed by atoms with Gasteiger partial charge in [0.15, 0.2) is 0 Å². The third-order valence-corrected chi connectivity index (χ3v) is 4.90. The van der Waals surface area contributed by atoms with Crippen molar-refractivity contribution in [1.29, 1.82) is 0 Å². The van der Waals surface area contributed by atoms with Gasteiger partial charge in [0, 0.05) is 0 Å². The van der Waals surface area contributed by atoms with Gasteiger partial charge in [-0.1, -0.05) is 119 Å². The van der Waals surface area contributed by atoms with E-state index in [1.807, 2.05) is 0 Å². The SMILES string of the molecule is CCCCCCCCCCCCc1ccccc1-c1ccccc1.[NaH].[NaH]. The van der Waals surface area contributed by atoms with Gasteiger partial charge in [-0.25, -0.2) is 0 Å². The van der Waals surface area contributed by atoms with E-state index in [1.54, 1.807) is 0 Å². The molecule has 26 heavy (non-hydrogen) atoms. The van der Waals surface area contributed by atoms with Crippen molar-refractivity contribution in [3.05, 3.63) is 60.2 Å². The summed E-state index contributed by atoms with van der Waals surface area (Å²) in [5, 5.41) is 0. The molecule has 0 bridgehead atoms. The van der Waals surface area contributed by atoms with Crippen LogP contribution < -0.4 is 0 Å². The normalized spacial score (nSPS) is 10.0. The molecule has 0 spiro atoms. The molecule has 0 saturated carbocycles. The molecule has 0 fully saturated rings. The number of benzene rings is 2. The predicted octanol–water partition coefficient (Wildman–Crippen LogP) is 6.52. The maximum absolute atomic E-state index is 2.30. The number of hydrogen-bond donors (Lipinski definition) is 0. The van der Waals surface area contributed by atoms with Crippen molar-refractivity contribution in [2.75, 3.05) is 0 Å². The van der Waals surface area contributed by atoms with Crippen molar-refractivity contribution >= 4 is 59.1 Å². The first-order chi connectivity index (χ1) is 11.9. The molecular weight excluding hydrogens is 334 g/mol. The van der Waals surface area contributed by atoms with Crippen molar-refractivity contribution < 1.29 is 0 Å². The Hall–Kier alpha value is 0.440. The monoisotopic (exact) mass is 370 g/mol. The standard InChI is InChI=1S/C24H34.2Na.2H/c1-2-3-4-5-6-7-8-9-10-12-17-23-20-15-16-21-24(23)22-18-13-11-14-19-22;;;;/h11,13-16,18-21H,2-10,12,17H2,1H3;;;;. The molecule has 0 aromatic heterocycles. The summed E-state index contributed by atoms with van der Waals surface area (Å²) in [6, 6.07) is 19.7. The van der Waals surface area contributed by atoms with Crippen molar-refractivity contribution in [2.24, 2.45) is 0 Å². The molecule has 0 amide bonds. The molecule has 0 atom stereocenters. The molecule has 2 rings (SSSR count). The predicted molar refractivity (Wildman–Crippen MR) is 122 cm³/mol. The fraction of sp³-hybridized carbons (Fsp3) is 0.500. The van der Waals surface area contributed by atoms with E-state index < -0.39 is 0 Å². The second-order valence-corrected chi connectivity index (χ2v) is 6.96. The Morgan fingerprint density at radius 2 is 1.04 bits per heavy atom. The Kier molecular flexibility index (Phi) is 17.8. The quantitative estimate of drug-likeness (QED) is 0.295. The van der Waals surface area contributed by atoms with Gasteiger partial charge < -0.3 is 0 Å². The summed E-state index contributed by atoms with van der Waals surface area (Å²) < 4.78 is 0. The second-order valence-electron chi connectivity index (χ2n) is 6.96. The van der Waals surface area contributed by atoms with Gasteiger partial charge in [-0.15, -0.1) is 0 Å². The molecule has 0 nitrogen and oxygen atoms in total. The van der Waals surface area contributed by atoms with Crippen LogP contribution in [0.5, 0.6) is 0 Å². The van der Waals surface area contributed by atoms with E-state index in [0.717, 1.165) is 0 Å². The average Bonchev–Trinajstić information content (AvgIpc) is 2.64. The molecule has 2 aromatic rings. The first-order valence-electron chi connectivity index (χ1n) is 10.0. The minimum absolute atomic E-state index is 0. The first kappa shape index (κ1) is 26.4. The molecule has 0 radical (unpaired) electrons. The van der Waals surface area contributed by atoms with Crippen LogP contribution in [0.15, 0.2) is 54.6 Å². The molecule has 0 saturated heterocycles. The molecule has 0 unspecified atom stereocenters. The Balaban J connectivity index is 0.00000312. The maximum atomic E-state index is 2.30. The third-order valence-electron chi connectivity index (χ3n) is 4.90. The molecule has 0 aliphatic rings. The average molecular weight is 371 g/mol. The van der Waals surface area contributed by atoms with Crippen LogP contribution >= 0.6 is 0 Å². The van der Waals surface area contributed by atoms with Crippen LogP contribution in [-0.2, 0) is 6.42 Å². The van der Waals surface area contributed by atoms with Gasteiger partial charge in [0.05, 0.1) is 0 Å². The molecule has 0 heterocycles. The van der Waals surface area contributed by atoms with E-state index in [9.17, 15) is 0 Å². The van der Waals surface area contributed by atoms with Crippen molar-refractivity contribution in [1.82, 2.24) is 0 Å². The molecule has 134 valence electrons. The fourth-order valence-corrected chi connectivity index (χ4v) is 3.44.